The molecule has 1 aromatic rings. The summed E-state index contributed by atoms with van der Waals surface area (Å²) in [4.78, 5) is 24.4. The Morgan fingerprint density at radius 2 is 1.67 bits per heavy atom. The van der Waals surface area contributed by atoms with Crippen molar-refractivity contribution in [2.45, 2.75) is 44.8 Å². The molecular weight excluding hydrogens is 389 g/mol. The zero-order chi connectivity index (χ0) is 20.8. The number of hydrogen-bond donors (Lipinski definition) is 2. The van der Waals surface area contributed by atoms with Gasteiger partial charge in [-0.2, -0.15) is 0 Å². The van der Waals surface area contributed by atoms with Gasteiger partial charge >= 0.3 is 6.09 Å². The standard InChI is InChI=1S/C17H22ClF3N2O4/c1-16(2,3)27-15(25)23-22-14(24)17(26-4,6-5-7-18)10-8-11(19)13(21)12(20)9-10/h8-9H,5-7H2,1-4H3,(H,22,24)(H,23,25). The van der Waals surface area contributed by atoms with E-state index < -0.39 is 40.7 Å². The van der Waals surface area contributed by atoms with Crippen LogP contribution < -0.4 is 10.9 Å². The molecule has 0 aliphatic carbocycles. The molecule has 1 aromatic carbocycles. The summed E-state index contributed by atoms with van der Waals surface area (Å²) in [5, 5.41) is 0. The van der Waals surface area contributed by atoms with Gasteiger partial charge in [0.2, 0.25) is 0 Å². The third-order valence-electron chi connectivity index (χ3n) is 3.50. The Morgan fingerprint density at radius 3 is 2.11 bits per heavy atom. The van der Waals surface area contributed by atoms with Crippen LogP contribution in [-0.2, 0) is 19.9 Å². The van der Waals surface area contributed by atoms with Gasteiger partial charge in [0, 0.05) is 13.0 Å². The van der Waals surface area contributed by atoms with Crippen LogP contribution in [0.2, 0.25) is 0 Å². The first-order chi connectivity index (χ1) is 12.5. The Bertz CT molecular complexity index is 674. The van der Waals surface area contributed by atoms with Crippen LogP contribution in [0.5, 0.6) is 0 Å². The molecule has 2 amide bonds. The van der Waals surface area contributed by atoms with Crippen LogP contribution in [-0.4, -0.2) is 30.6 Å². The van der Waals surface area contributed by atoms with E-state index >= 15 is 0 Å². The first kappa shape index (κ1) is 23.0. The topological polar surface area (TPSA) is 76.7 Å². The number of carbonyl (C=O) groups excluding carboxylic acids is 2. The number of ether oxygens (including phenoxy) is 2. The lowest BCUT2D eigenvalue weighted by Gasteiger charge is -2.31. The van der Waals surface area contributed by atoms with E-state index in [0.29, 0.717) is 12.1 Å². The van der Waals surface area contributed by atoms with Crippen molar-refractivity contribution in [1.82, 2.24) is 10.9 Å². The van der Waals surface area contributed by atoms with E-state index in [1.54, 1.807) is 20.8 Å². The van der Waals surface area contributed by atoms with E-state index in [1.165, 1.54) is 0 Å². The van der Waals surface area contributed by atoms with Crippen molar-refractivity contribution in [2.24, 2.45) is 0 Å². The third kappa shape index (κ3) is 6.00. The maximum absolute atomic E-state index is 13.7. The molecule has 2 N–H and O–H groups in total. The van der Waals surface area contributed by atoms with Crippen LogP contribution in [0.1, 0.15) is 39.2 Å². The minimum Gasteiger partial charge on any atom is -0.443 e. The number of nitrogens with one attached hydrogen (secondary N) is 2. The van der Waals surface area contributed by atoms with Gasteiger partial charge < -0.3 is 9.47 Å². The number of amides is 2. The second-order valence-electron chi connectivity index (χ2n) is 6.66. The lowest BCUT2D eigenvalue weighted by molar-refractivity contribution is -0.147. The summed E-state index contributed by atoms with van der Waals surface area (Å²) in [6.07, 6.45) is -0.801. The van der Waals surface area contributed by atoms with Crippen LogP contribution in [0.4, 0.5) is 18.0 Å². The maximum atomic E-state index is 13.7. The highest BCUT2D eigenvalue weighted by molar-refractivity contribution is 6.17. The summed E-state index contributed by atoms with van der Waals surface area (Å²) >= 11 is 5.66. The molecule has 0 heterocycles. The van der Waals surface area contributed by atoms with E-state index in [-0.39, 0.29) is 24.3 Å². The highest BCUT2D eigenvalue weighted by Gasteiger charge is 2.41. The lowest BCUT2D eigenvalue weighted by Crippen LogP contribution is -2.53. The molecule has 0 bridgehead atoms. The SMILES string of the molecule is COC(CCCCl)(C(=O)NNC(=O)OC(C)(C)C)c1cc(F)c(F)c(F)c1. The molecule has 0 aliphatic heterocycles. The van der Waals surface area contributed by atoms with Crippen molar-refractivity contribution in [3.05, 3.63) is 35.1 Å². The van der Waals surface area contributed by atoms with E-state index in [4.69, 9.17) is 21.1 Å². The fourth-order valence-corrected chi connectivity index (χ4v) is 2.45. The lowest BCUT2D eigenvalue weighted by atomic mass is 9.88. The Kier molecular flexibility index (Phi) is 7.91. The fourth-order valence-electron chi connectivity index (χ4n) is 2.32. The molecule has 1 atom stereocenters. The molecule has 1 rings (SSSR count). The van der Waals surface area contributed by atoms with Crippen molar-refractivity contribution in [3.8, 4) is 0 Å². The average Bonchev–Trinajstić information content (AvgIpc) is 2.57. The normalized spacial score (nSPS) is 13.6. The molecule has 10 heteroatoms. The molecule has 1 unspecified atom stereocenters. The smallest absolute Gasteiger partial charge is 0.426 e. The van der Waals surface area contributed by atoms with Gasteiger partial charge in [0.05, 0.1) is 0 Å². The molecule has 0 radical (unpaired) electrons. The van der Waals surface area contributed by atoms with E-state index in [1.807, 2.05) is 5.43 Å². The number of methoxy groups -OCH3 is 1. The van der Waals surface area contributed by atoms with Gasteiger partial charge in [0.25, 0.3) is 5.91 Å². The number of halogens is 4. The summed E-state index contributed by atoms with van der Waals surface area (Å²) in [7, 11) is 1.14. The highest BCUT2D eigenvalue weighted by Crippen LogP contribution is 2.33. The monoisotopic (exact) mass is 410 g/mol. The molecular formula is C17H22ClF3N2O4. The van der Waals surface area contributed by atoms with Crippen molar-refractivity contribution in [2.75, 3.05) is 13.0 Å². The van der Waals surface area contributed by atoms with Crippen molar-refractivity contribution >= 4 is 23.6 Å². The largest absolute Gasteiger partial charge is 0.443 e. The third-order valence-corrected chi connectivity index (χ3v) is 3.77. The van der Waals surface area contributed by atoms with Gasteiger partial charge in [-0.25, -0.2) is 23.4 Å². The number of alkyl halides is 1. The summed E-state index contributed by atoms with van der Waals surface area (Å²) in [5.74, 6) is -5.44. The molecule has 152 valence electrons. The Balaban J connectivity index is 3.15. The number of carbonyl (C=O) groups is 2. The zero-order valence-electron chi connectivity index (χ0n) is 15.4. The Labute approximate surface area is 160 Å². The summed E-state index contributed by atoms with van der Waals surface area (Å²) in [6, 6.07) is 1.31. The van der Waals surface area contributed by atoms with E-state index in [9.17, 15) is 22.8 Å². The van der Waals surface area contributed by atoms with E-state index in [0.717, 1.165) is 7.11 Å². The minimum absolute atomic E-state index is 0.0840. The minimum atomic E-state index is -1.92. The molecule has 0 saturated heterocycles. The van der Waals surface area contributed by atoms with Gasteiger partial charge in [-0.1, -0.05) is 0 Å². The molecule has 6 nitrogen and oxygen atoms in total. The first-order valence-electron chi connectivity index (χ1n) is 8.02. The van der Waals surface area contributed by atoms with E-state index in [2.05, 4.69) is 5.43 Å². The zero-order valence-corrected chi connectivity index (χ0v) is 16.2. The molecule has 0 spiro atoms. The van der Waals surface area contributed by atoms with Gasteiger partial charge in [0.1, 0.15) is 5.60 Å². The predicted octanol–water partition coefficient (Wildman–Crippen LogP) is 3.52. The van der Waals surface area contributed by atoms with Crippen LogP contribution in [0.15, 0.2) is 12.1 Å². The predicted molar refractivity (Wildman–Crippen MR) is 92.5 cm³/mol. The summed E-state index contributed by atoms with van der Waals surface area (Å²) in [5.41, 5.74) is 1.12. The Morgan fingerprint density at radius 1 is 1.11 bits per heavy atom. The molecule has 0 aliphatic rings. The number of rotatable bonds is 6. The number of hydrazine groups is 1. The Hall–Kier alpha value is -2.00. The molecule has 0 saturated carbocycles. The number of hydrogen-bond acceptors (Lipinski definition) is 4. The molecule has 27 heavy (non-hydrogen) atoms. The van der Waals surface area contributed by atoms with Crippen LogP contribution in [0, 0.1) is 17.5 Å². The summed E-state index contributed by atoms with van der Waals surface area (Å²) < 4.78 is 50.9. The van der Waals surface area contributed by atoms with Crippen LogP contribution in [0.25, 0.3) is 0 Å². The first-order valence-corrected chi connectivity index (χ1v) is 8.56. The summed E-state index contributed by atoms with van der Waals surface area (Å²) in [6.45, 7) is 4.87. The second kappa shape index (κ2) is 9.27. The van der Waals surface area contributed by atoms with Crippen molar-refractivity contribution in [1.29, 1.82) is 0 Å². The number of benzene rings is 1. The van der Waals surface area contributed by atoms with Crippen LogP contribution in [0.3, 0.4) is 0 Å². The average molecular weight is 411 g/mol. The second-order valence-corrected chi connectivity index (χ2v) is 7.04. The maximum Gasteiger partial charge on any atom is 0.426 e. The van der Waals surface area contributed by atoms with Gasteiger partial charge in [-0.15, -0.1) is 11.6 Å². The van der Waals surface area contributed by atoms with Gasteiger partial charge in [-0.3, -0.25) is 10.2 Å². The fraction of sp³-hybridized carbons (Fsp3) is 0.529. The highest BCUT2D eigenvalue weighted by atomic mass is 35.5. The van der Waals surface area contributed by atoms with Crippen molar-refractivity contribution in [3.63, 3.8) is 0 Å². The van der Waals surface area contributed by atoms with Gasteiger partial charge in [0.15, 0.2) is 23.1 Å². The molecule has 0 fully saturated rings. The van der Waals surface area contributed by atoms with Gasteiger partial charge in [-0.05, 0) is 51.3 Å². The van der Waals surface area contributed by atoms with Crippen molar-refractivity contribution < 1.29 is 32.2 Å². The molecule has 0 aromatic heterocycles. The van der Waals surface area contributed by atoms with Crippen LogP contribution >= 0.6 is 11.6 Å². The quantitative estimate of drug-likeness (QED) is 0.427.